The molecule has 106 valence electrons. The van der Waals surface area contributed by atoms with Gasteiger partial charge in [0, 0.05) is 19.3 Å². The van der Waals surface area contributed by atoms with Gasteiger partial charge in [-0.2, -0.15) is 0 Å². The van der Waals surface area contributed by atoms with E-state index in [9.17, 15) is 4.79 Å². The van der Waals surface area contributed by atoms with Crippen LogP contribution in [0.15, 0.2) is 24.4 Å². The molecule has 2 aromatic rings. The standard InChI is InChI=1S/C14H16ClN3O2/c15-12-9-18-11(5-3-6-13(18)17-12)14(19)16-8-10-4-1-2-7-20-10/h3,5-6,9-10H,1-2,4,7-8H2,(H,16,19). The Bertz CT molecular complexity index is 620. The van der Waals surface area contributed by atoms with Gasteiger partial charge in [0.1, 0.15) is 16.5 Å². The SMILES string of the molecule is O=C(NCC1CCCCO1)c1cccc2nc(Cl)cn12. The zero-order chi connectivity index (χ0) is 13.9. The summed E-state index contributed by atoms with van der Waals surface area (Å²) in [4.78, 5) is 16.4. The smallest absolute Gasteiger partial charge is 0.268 e. The molecule has 0 aromatic carbocycles. The van der Waals surface area contributed by atoms with Crippen LogP contribution in [-0.2, 0) is 4.74 Å². The van der Waals surface area contributed by atoms with Gasteiger partial charge >= 0.3 is 0 Å². The Morgan fingerprint density at radius 2 is 2.40 bits per heavy atom. The topological polar surface area (TPSA) is 55.6 Å². The van der Waals surface area contributed by atoms with Crippen LogP contribution in [0.3, 0.4) is 0 Å². The molecule has 0 bridgehead atoms. The van der Waals surface area contributed by atoms with Gasteiger partial charge in [0.25, 0.3) is 5.91 Å². The molecule has 1 aliphatic rings. The van der Waals surface area contributed by atoms with Crippen LogP contribution in [-0.4, -0.2) is 34.5 Å². The van der Waals surface area contributed by atoms with Crippen molar-refractivity contribution in [3.8, 4) is 0 Å². The maximum atomic E-state index is 12.3. The van der Waals surface area contributed by atoms with Crippen LogP contribution in [0, 0.1) is 0 Å². The molecule has 1 unspecified atom stereocenters. The highest BCUT2D eigenvalue weighted by Crippen LogP contribution is 2.14. The number of aromatic nitrogens is 2. The van der Waals surface area contributed by atoms with E-state index in [4.69, 9.17) is 16.3 Å². The second-order valence-corrected chi connectivity index (χ2v) is 5.29. The molecule has 20 heavy (non-hydrogen) atoms. The molecule has 5 nitrogen and oxygen atoms in total. The molecule has 1 aliphatic heterocycles. The maximum Gasteiger partial charge on any atom is 0.268 e. The van der Waals surface area contributed by atoms with E-state index in [2.05, 4.69) is 10.3 Å². The van der Waals surface area contributed by atoms with Gasteiger partial charge in [0.15, 0.2) is 0 Å². The largest absolute Gasteiger partial charge is 0.376 e. The summed E-state index contributed by atoms with van der Waals surface area (Å²) in [6.45, 7) is 1.32. The lowest BCUT2D eigenvalue weighted by atomic mass is 10.1. The highest BCUT2D eigenvalue weighted by molar-refractivity contribution is 6.29. The van der Waals surface area contributed by atoms with Crippen molar-refractivity contribution in [3.63, 3.8) is 0 Å². The van der Waals surface area contributed by atoms with Gasteiger partial charge in [-0.1, -0.05) is 17.7 Å². The molecule has 0 aliphatic carbocycles. The summed E-state index contributed by atoms with van der Waals surface area (Å²) in [6, 6.07) is 5.36. The first-order chi connectivity index (χ1) is 9.74. The van der Waals surface area contributed by atoms with Crippen LogP contribution in [0.25, 0.3) is 5.65 Å². The molecular formula is C14H16ClN3O2. The molecule has 0 radical (unpaired) electrons. The van der Waals surface area contributed by atoms with Crippen molar-refractivity contribution in [2.75, 3.05) is 13.2 Å². The van der Waals surface area contributed by atoms with Crippen LogP contribution >= 0.6 is 11.6 Å². The van der Waals surface area contributed by atoms with Crippen molar-refractivity contribution < 1.29 is 9.53 Å². The first-order valence-corrected chi connectivity index (χ1v) is 7.15. The lowest BCUT2D eigenvalue weighted by Gasteiger charge is -2.22. The Balaban J connectivity index is 1.71. The molecule has 1 N–H and O–H groups in total. The summed E-state index contributed by atoms with van der Waals surface area (Å²) >= 11 is 5.87. The summed E-state index contributed by atoms with van der Waals surface area (Å²) in [5, 5.41) is 3.29. The molecule has 0 saturated carbocycles. The average molecular weight is 294 g/mol. The number of pyridine rings is 1. The number of fused-ring (bicyclic) bond motifs is 1. The monoisotopic (exact) mass is 293 g/mol. The van der Waals surface area contributed by atoms with Gasteiger partial charge in [0.2, 0.25) is 0 Å². The summed E-state index contributed by atoms with van der Waals surface area (Å²) in [5.41, 5.74) is 1.19. The number of amides is 1. The van der Waals surface area contributed by atoms with Crippen LogP contribution in [0.4, 0.5) is 0 Å². The summed E-state index contributed by atoms with van der Waals surface area (Å²) in [5.74, 6) is -0.140. The fourth-order valence-electron chi connectivity index (χ4n) is 2.43. The molecule has 1 saturated heterocycles. The molecule has 2 aromatic heterocycles. The van der Waals surface area contributed by atoms with Crippen molar-refractivity contribution in [3.05, 3.63) is 35.2 Å². The molecule has 1 amide bonds. The summed E-state index contributed by atoms with van der Waals surface area (Å²) in [7, 11) is 0. The number of carbonyl (C=O) groups is 1. The number of ether oxygens (including phenoxy) is 1. The second-order valence-electron chi connectivity index (χ2n) is 4.90. The van der Waals surface area contributed by atoms with Crippen LogP contribution in [0.5, 0.6) is 0 Å². The predicted octanol–water partition coefficient (Wildman–Crippen LogP) is 2.29. The minimum atomic E-state index is -0.140. The third kappa shape index (κ3) is 2.78. The van der Waals surface area contributed by atoms with E-state index in [0.717, 1.165) is 25.9 Å². The lowest BCUT2D eigenvalue weighted by molar-refractivity contribution is 0.0168. The van der Waals surface area contributed by atoms with Gasteiger partial charge in [-0.25, -0.2) is 4.98 Å². The normalized spacial score (nSPS) is 19.1. The molecule has 6 heteroatoms. The Kier molecular flexibility index (Phi) is 3.89. The van der Waals surface area contributed by atoms with E-state index >= 15 is 0 Å². The second kappa shape index (κ2) is 5.81. The lowest BCUT2D eigenvalue weighted by Crippen LogP contribution is -2.36. The highest BCUT2D eigenvalue weighted by atomic mass is 35.5. The molecule has 3 heterocycles. The van der Waals surface area contributed by atoms with Crippen molar-refractivity contribution in [2.24, 2.45) is 0 Å². The quantitative estimate of drug-likeness (QED) is 0.944. The molecule has 3 rings (SSSR count). The predicted molar refractivity (Wildman–Crippen MR) is 76.1 cm³/mol. The first kappa shape index (κ1) is 13.4. The number of imidazole rings is 1. The Morgan fingerprint density at radius 1 is 1.50 bits per heavy atom. The Morgan fingerprint density at radius 3 is 3.20 bits per heavy atom. The zero-order valence-electron chi connectivity index (χ0n) is 11.0. The van der Waals surface area contributed by atoms with Crippen LogP contribution in [0.2, 0.25) is 5.15 Å². The van der Waals surface area contributed by atoms with Gasteiger partial charge in [0.05, 0.1) is 6.10 Å². The van der Waals surface area contributed by atoms with E-state index in [-0.39, 0.29) is 12.0 Å². The third-order valence-corrected chi connectivity index (χ3v) is 3.64. The third-order valence-electron chi connectivity index (χ3n) is 3.46. The number of halogens is 1. The molecule has 0 spiro atoms. The van der Waals surface area contributed by atoms with Gasteiger partial charge in [-0.15, -0.1) is 0 Å². The van der Waals surface area contributed by atoms with E-state index in [0.29, 0.717) is 23.0 Å². The fraction of sp³-hybridized carbons (Fsp3) is 0.429. The summed E-state index contributed by atoms with van der Waals surface area (Å²) in [6.07, 6.45) is 5.03. The van der Waals surface area contributed by atoms with E-state index in [1.54, 1.807) is 22.7 Å². The fourth-order valence-corrected chi connectivity index (χ4v) is 2.62. The zero-order valence-corrected chi connectivity index (χ0v) is 11.8. The van der Waals surface area contributed by atoms with Crippen molar-refractivity contribution in [2.45, 2.75) is 25.4 Å². The van der Waals surface area contributed by atoms with Crippen LogP contribution < -0.4 is 5.32 Å². The number of carbonyl (C=O) groups excluding carboxylic acids is 1. The van der Waals surface area contributed by atoms with Gasteiger partial charge in [-0.3, -0.25) is 9.20 Å². The number of hydrogen-bond donors (Lipinski definition) is 1. The first-order valence-electron chi connectivity index (χ1n) is 6.77. The summed E-state index contributed by atoms with van der Waals surface area (Å²) < 4.78 is 7.29. The van der Waals surface area contributed by atoms with Gasteiger partial charge < -0.3 is 10.1 Å². The number of nitrogens with zero attached hydrogens (tertiary/aromatic N) is 2. The molecular weight excluding hydrogens is 278 g/mol. The van der Waals surface area contributed by atoms with Crippen LogP contribution in [0.1, 0.15) is 29.8 Å². The number of nitrogens with one attached hydrogen (secondary N) is 1. The minimum Gasteiger partial charge on any atom is -0.376 e. The molecule has 1 atom stereocenters. The van der Waals surface area contributed by atoms with E-state index in [1.165, 1.54) is 0 Å². The maximum absolute atomic E-state index is 12.3. The van der Waals surface area contributed by atoms with E-state index < -0.39 is 0 Å². The average Bonchev–Trinajstić information content (AvgIpc) is 2.85. The van der Waals surface area contributed by atoms with Crippen molar-refractivity contribution >= 4 is 23.2 Å². The highest BCUT2D eigenvalue weighted by Gasteiger charge is 2.16. The van der Waals surface area contributed by atoms with Crippen molar-refractivity contribution in [1.82, 2.24) is 14.7 Å². The number of hydrogen-bond acceptors (Lipinski definition) is 3. The molecule has 1 fully saturated rings. The Labute approximate surface area is 121 Å². The number of rotatable bonds is 3. The minimum absolute atomic E-state index is 0.123. The van der Waals surface area contributed by atoms with Gasteiger partial charge in [-0.05, 0) is 31.4 Å². The van der Waals surface area contributed by atoms with Crippen molar-refractivity contribution in [1.29, 1.82) is 0 Å². The Hall–Kier alpha value is -1.59. The van der Waals surface area contributed by atoms with E-state index in [1.807, 2.05) is 6.07 Å².